The molecular weight excluding hydrogens is 411 g/mol. The third-order valence-corrected chi connectivity index (χ3v) is 5.06. The van der Waals surface area contributed by atoms with Crippen LogP contribution in [0.25, 0.3) is 0 Å². The Bertz CT molecular complexity index is 1000. The van der Waals surface area contributed by atoms with E-state index in [1.54, 1.807) is 31.2 Å². The number of halogens is 3. The van der Waals surface area contributed by atoms with E-state index in [1.165, 1.54) is 31.4 Å². The van der Waals surface area contributed by atoms with Gasteiger partial charge in [0.1, 0.15) is 11.7 Å². The van der Waals surface area contributed by atoms with Crippen LogP contribution < -0.4 is 10.1 Å². The molecule has 0 radical (unpaired) electrons. The number of benzene rings is 2. The Morgan fingerprint density at radius 1 is 1.16 bits per heavy atom. The number of ether oxygens (including phenoxy) is 2. The number of methoxy groups -OCH3 is 1. The predicted molar refractivity (Wildman–Crippen MR) is 109 cm³/mol. The molecule has 164 valence electrons. The SMILES string of the molecule is CCOC(=O)C1C(=O)C=C(Nc2ccccc2C(F)(F)F)CC1c1cccc(OC)c1. The Kier molecular flexibility index (Phi) is 6.68. The summed E-state index contributed by atoms with van der Waals surface area (Å²) in [6.07, 6.45) is -3.22. The number of ketones is 1. The second-order valence-electron chi connectivity index (χ2n) is 7.06. The first-order chi connectivity index (χ1) is 14.7. The van der Waals surface area contributed by atoms with Gasteiger partial charge < -0.3 is 14.8 Å². The Balaban J connectivity index is 1.98. The van der Waals surface area contributed by atoms with Crippen molar-refractivity contribution in [3.05, 3.63) is 71.4 Å². The zero-order valence-corrected chi connectivity index (χ0v) is 17.0. The van der Waals surface area contributed by atoms with E-state index in [1.807, 2.05) is 0 Å². The summed E-state index contributed by atoms with van der Waals surface area (Å²) < 4.78 is 50.4. The molecule has 0 amide bonds. The van der Waals surface area contributed by atoms with Gasteiger partial charge in [0.15, 0.2) is 5.78 Å². The number of para-hydroxylation sites is 1. The van der Waals surface area contributed by atoms with E-state index in [0.29, 0.717) is 11.3 Å². The van der Waals surface area contributed by atoms with E-state index in [0.717, 1.165) is 6.07 Å². The summed E-state index contributed by atoms with van der Waals surface area (Å²) in [5, 5.41) is 2.74. The molecule has 3 rings (SSSR count). The molecule has 31 heavy (non-hydrogen) atoms. The third-order valence-electron chi connectivity index (χ3n) is 5.06. The van der Waals surface area contributed by atoms with Crippen molar-refractivity contribution >= 4 is 17.4 Å². The number of anilines is 1. The summed E-state index contributed by atoms with van der Waals surface area (Å²) >= 11 is 0. The number of rotatable bonds is 6. The Morgan fingerprint density at radius 2 is 1.90 bits per heavy atom. The number of hydrogen-bond donors (Lipinski definition) is 1. The highest BCUT2D eigenvalue weighted by atomic mass is 19.4. The van der Waals surface area contributed by atoms with Gasteiger partial charge in [-0.05, 0) is 43.2 Å². The first-order valence-corrected chi connectivity index (χ1v) is 9.72. The van der Waals surface area contributed by atoms with Gasteiger partial charge in [0.25, 0.3) is 0 Å². The molecule has 0 bridgehead atoms. The summed E-state index contributed by atoms with van der Waals surface area (Å²) in [4.78, 5) is 25.4. The summed E-state index contributed by atoms with van der Waals surface area (Å²) in [6.45, 7) is 1.75. The Morgan fingerprint density at radius 3 is 2.58 bits per heavy atom. The number of esters is 1. The minimum Gasteiger partial charge on any atom is -0.497 e. The summed E-state index contributed by atoms with van der Waals surface area (Å²) in [6, 6.07) is 11.9. The smallest absolute Gasteiger partial charge is 0.418 e. The maximum atomic E-state index is 13.4. The topological polar surface area (TPSA) is 64.6 Å². The van der Waals surface area contributed by atoms with Gasteiger partial charge >= 0.3 is 12.1 Å². The van der Waals surface area contributed by atoms with Crippen LogP contribution in [0.3, 0.4) is 0 Å². The Labute approximate surface area is 177 Å². The highest BCUT2D eigenvalue weighted by molar-refractivity contribution is 6.07. The van der Waals surface area contributed by atoms with Crippen molar-refractivity contribution in [2.75, 3.05) is 19.0 Å². The van der Waals surface area contributed by atoms with Crippen LogP contribution in [0.1, 0.15) is 30.4 Å². The quantitative estimate of drug-likeness (QED) is 0.516. The second kappa shape index (κ2) is 9.24. The normalized spacial score (nSPS) is 18.9. The van der Waals surface area contributed by atoms with Crippen molar-refractivity contribution in [1.82, 2.24) is 0 Å². The average molecular weight is 433 g/mol. The van der Waals surface area contributed by atoms with Gasteiger partial charge in [-0.2, -0.15) is 13.2 Å². The molecular formula is C23H22F3NO4. The number of alkyl halides is 3. The number of hydrogen-bond acceptors (Lipinski definition) is 5. The van der Waals surface area contributed by atoms with E-state index >= 15 is 0 Å². The summed E-state index contributed by atoms with van der Waals surface area (Å²) in [7, 11) is 1.49. The van der Waals surface area contributed by atoms with Crippen molar-refractivity contribution in [3.63, 3.8) is 0 Å². The van der Waals surface area contributed by atoms with E-state index in [4.69, 9.17) is 9.47 Å². The van der Waals surface area contributed by atoms with Gasteiger partial charge in [-0.3, -0.25) is 9.59 Å². The highest BCUT2D eigenvalue weighted by Gasteiger charge is 2.40. The van der Waals surface area contributed by atoms with Gasteiger partial charge in [0.05, 0.1) is 25.0 Å². The zero-order chi connectivity index (χ0) is 22.6. The second-order valence-corrected chi connectivity index (χ2v) is 7.06. The predicted octanol–water partition coefficient (Wildman–Crippen LogP) is 4.95. The van der Waals surface area contributed by atoms with Gasteiger partial charge in [-0.1, -0.05) is 24.3 Å². The first kappa shape index (κ1) is 22.4. The van der Waals surface area contributed by atoms with E-state index in [9.17, 15) is 22.8 Å². The lowest BCUT2D eigenvalue weighted by molar-refractivity contribution is -0.151. The van der Waals surface area contributed by atoms with Crippen molar-refractivity contribution in [1.29, 1.82) is 0 Å². The molecule has 8 heteroatoms. The van der Waals surface area contributed by atoms with Gasteiger partial charge in [0, 0.05) is 17.7 Å². The summed E-state index contributed by atoms with van der Waals surface area (Å²) in [5.74, 6) is -2.35. The zero-order valence-electron chi connectivity index (χ0n) is 17.0. The fraction of sp³-hybridized carbons (Fsp3) is 0.304. The maximum absolute atomic E-state index is 13.4. The largest absolute Gasteiger partial charge is 0.497 e. The van der Waals surface area contributed by atoms with Crippen LogP contribution in [-0.4, -0.2) is 25.5 Å². The molecule has 2 aromatic carbocycles. The molecule has 1 aliphatic rings. The highest BCUT2D eigenvalue weighted by Crippen LogP contribution is 2.40. The molecule has 0 saturated carbocycles. The number of nitrogens with one attached hydrogen (secondary N) is 1. The van der Waals surface area contributed by atoms with Crippen LogP contribution in [0, 0.1) is 5.92 Å². The molecule has 0 aromatic heterocycles. The van der Waals surface area contributed by atoms with Gasteiger partial charge in [0.2, 0.25) is 0 Å². The minimum atomic E-state index is -4.55. The molecule has 0 spiro atoms. The molecule has 0 aliphatic heterocycles. The fourth-order valence-corrected chi connectivity index (χ4v) is 3.67. The molecule has 1 N–H and O–H groups in total. The molecule has 5 nitrogen and oxygen atoms in total. The molecule has 0 saturated heterocycles. The third kappa shape index (κ3) is 5.07. The molecule has 1 aliphatic carbocycles. The molecule has 0 heterocycles. The van der Waals surface area contributed by atoms with E-state index in [2.05, 4.69) is 5.32 Å². The first-order valence-electron chi connectivity index (χ1n) is 9.72. The summed E-state index contributed by atoms with van der Waals surface area (Å²) in [5.41, 5.74) is -0.0563. The number of carbonyl (C=O) groups excluding carboxylic acids is 2. The Hall–Kier alpha value is -3.29. The monoisotopic (exact) mass is 433 g/mol. The van der Waals surface area contributed by atoms with Crippen molar-refractivity contribution < 1.29 is 32.2 Å². The van der Waals surface area contributed by atoms with Gasteiger partial charge in [-0.25, -0.2) is 0 Å². The number of allylic oxidation sites excluding steroid dienone is 2. The van der Waals surface area contributed by atoms with E-state index < -0.39 is 35.3 Å². The number of carbonyl (C=O) groups is 2. The van der Waals surface area contributed by atoms with Crippen LogP contribution in [-0.2, 0) is 20.5 Å². The molecule has 2 unspecified atom stereocenters. The van der Waals surface area contributed by atoms with Crippen molar-refractivity contribution in [3.8, 4) is 5.75 Å². The van der Waals surface area contributed by atoms with Crippen molar-refractivity contribution in [2.45, 2.75) is 25.4 Å². The maximum Gasteiger partial charge on any atom is 0.418 e. The lowest BCUT2D eigenvalue weighted by Gasteiger charge is -2.30. The van der Waals surface area contributed by atoms with Gasteiger partial charge in [-0.15, -0.1) is 0 Å². The van der Waals surface area contributed by atoms with Crippen LogP contribution in [0.2, 0.25) is 0 Å². The van der Waals surface area contributed by atoms with Crippen LogP contribution in [0.5, 0.6) is 5.75 Å². The van der Waals surface area contributed by atoms with Crippen LogP contribution >= 0.6 is 0 Å². The fourth-order valence-electron chi connectivity index (χ4n) is 3.67. The van der Waals surface area contributed by atoms with Crippen LogP contribution in [0.4, 0.5) is 18.9 Å². The molecule has 2 atom stereocenters. The van der Waals surface area contributed by atoms with E-state index in [-0.39, 0.29) is 24.4 Å². The van der Waals surface area contributed by atoms with Crippen molar-refractivity contribution in [2.24, 2.45) is 5.92 Å². The standard InChI is InChI=1S/C23H22F3NO4/c1-3-31-22(29)21-17(14-7-6-8-16(11-14)30-2)12-15(13-20(21)28)27-19-10-5-4-9-18(19)23(24,25)26/h4-11,13,17,21,27H,3,12H2,1-2H3. The lowest BCUT2D eigenvalue weighted by atomic mass is 9.76. The molecule has 2 aromatic rings. The lowest BCUT2D eigenvalue weighted by Crippen LogP contribution is -2.35. The minimum absolute atomic E-state index is 0.112. The van der Waals surface area contributed by atoms with Crippen LogP contribution in [0.15, 0.2) is 60.3 Å². The molecule has 0 fully saturated rings. The average Bonchev–Trinajstić information content (AvgIpc) is 2.73.